The molecule has 0 unspecified atom stereocenters. The van der Waals surface area contributed by atoms with Gasteiger partial charge >= 0.3 is 5.97 Å². The van der Waals surface area contributed by atoms with Crippen LogP contribution < -0.4 is 4.74 Å². The Morgan fingerprint density at radius 3 is 2.19 bits per heavy atom. The summed E-state index contributed by atoms with van der Waals surface area (Å²) in [4.78, 5) is 20.8. The Labute approximate surface area is 181 Å². The van der Waals surface area contributed by atoms with Gasteiger partial charge in [-0.25, -0.2) is 14.8 Å². The lowest BCUT2D eigenvalue weighted by molar-refractivity contribution is 0.0526. The van der Waals surface area contributed by atoms with Crippen LogP contribution in [0.3, 0.4) is 0 Å². The zero-order valence-electron chi connectivity index (χ0n) is 17.2. The molecule has 4 rings (SSSR count). The first kappa shape index (κ1) is 20.3. The molecule has 0 aliphatic heterocycles. The van der Waals surface area contributed by atoms with Crippen molar-refractivity contribution in [3.8, 4) is 28.3 Å². The van der Waals surface area contributed by atoms with Crippen molar-refractivity contribution in [2.24, 2.45) is 0 Å². The summed E-state index contributed by atoms with van der Waals surface area (Å²) in [6.07, 6.45) is 3.57. The molecule has 0 fully saturated rings. The summed E-state index contributed by atoms with van der Waals surface area (Å²) in [6, 6.07) is 25.0. The minimum Gasteiger partial charge on any atom is -0.488 e. The van der Waals surface area contributed by atoms with Crippen molar-refractivity contribution < 1.29 is 14.3 Å². The fourth-order valence-electron chi connectivity index (χ4n) is 3.15. The summed E-state index contributed by atoms with van der Waals surface area (Å²) in [5.74, 6) is 1.03. The lowest BCUT2D eigenvalue weighted by Crippen LogP contribution is -2.04. The molecule has 3 aromatic carbocycles. The first-order chi connectivity index (χ1) is 15.2. The van der Waals surface area contributed by atoms with Gasteiger partial charge in [-0.3, -0.25) is 0 Å². The molecule has 1 heterocycles. The predicted molar refractivity (Wildman–Crippen MR) is 120 cm³/mol. The number of carbonyl (C=O) groups is 1. The van der Waals surface area contributed by atoms with Crippen LogP contribution in [-0.2, 0) is 11.3 Å². The van der Waals surface area contributed by atoms with E-state index in [-0.39, 0.29) is 5.97 Å². The maximum Gasteiger partial charge on any atom is 0.338 e. The monoisotopic (exact) mass is 410 g/mol. The molecule has 0 amide bonds. The van der Waals surface area contributed by atoms with Crippen molar-refractivity contribution in [1.82, 2.24) is 9.97 Å². The van der Waals surface area contributed by atoms with Crippen LogP contribution in [0.2, 0.25) is 0 Å². The van der Waals surface area contributed by atoms with E-state index in [1.165, 1.54) is 0 Å². The number of hydrogen-bond acceptors (Lipinski definition) is 5. The second-order valence-electron chi connectivity index (χ2n) is 6.86. The summed E-state index contributed by atoms with van der Waals surface area (Å²) < 4.78 is 11.1. The lowest BCUT2D eigenvalue weighted by atomic mass is 10.1. The van der Waals surface area contributed by atoms with Gasteiger partial charge in [0, 0.05) is 29.1 Å². The topological polar surface area (TPSA) is 61.3 Å². The molecule has 31 heavy (non-hydrogen) atoms. The van der Waals surface area contributed by atoms with Crippen LogP contribution in [0.4, 0.5) is 0 Å². The molecular formula is C26H22N2O3. The van der Waals surface area contributed by atoms with E-state index < -0.39 is 0 Å². The third kappa shape index (κ3) is 4.95. The van der Waals surface area contributed by atoms with E-state index in [9.17, 15) is 4.79 Å². The first-order valence-electron chi connectivity index (χ1n) is 10.1. The summed E-state index contributed by atoms with van der Waals surface area (Å²) in [7, 11) is 0. The van der Waals surface area contributed by atoms with Crippen molar-refractivity contribution >= 4 is 5.97 Å². The maximum absolute atomic E-state index is 11.8. The van der Waals surface area contributed by atoms with Crippen molar-refractivity contribution in [1.29, 1.82) is 0 Å². The summed E-state index contributed by atoms with van der Waals surface area (Å²) in [5.41, 5.74) is 4.24. The van der Waals surface area contributed by atoms with E-state index in [4.69, 9.17) is 9.47 Å². The number of nitrogens with zero attached hydrogens (tertiary/aromatic N) is 2. The van der Waals surface area contributed by atoms with Crippen LogP contribution >= 0.6 is 0 Å². The summed E-state index contributed by atoms with van der Waals surface area (Å²) >= 11 is 0. The number of rotatable bonds is 7. The highest BCUT2D eigenvalue weighted by atomic mass is 16.5. The van der Waals surface area contributed by atoms with Crippen LogP contribution in [-0.4, -0.2) is 22.5 Å². The van der Waals surface area contributed by atoms with Gasteiger partial charge in [0.25, 0.3) is 0 Å². The van der Waals surface area contributed by atoms with Gasteiger partial charge in [0.1, 0.15) is 12.4 Å². The molecule has 0 radical (unpaired) electrons. The van der Waals surface area contributed by atoms with Crippen molar-refractivity contribution in [3.05, 3.63) is 102 Å². The Morgan fingerprint density at radius 2 is 1.48 bits per heavy atom. The average molecular weight is 410 g/mol. The molecule has 0 saturated carbocycles. The average Bonchev–Trinajstić information content (AvgIpc) is 2.84. The summed E-state index contributed by atoms with van der Waals surface area (Å²) in [6.45, 7) is 2.62. The van der Waals surface area contributed by atoms with Gasteiger partial charge < -0.3 is 9.47 Å². The van der Waals surface area contributed by atoms with Gasteiger partial charge in [0.15, 0.2) is 5.82 Å². The van der Waals surface area contributed by atoms with E-state index in [1.807, 2.05) is 66.7 Å². The molecule has 5 nitrogen and oxygen atoms in total. The minimum atomic E-state index is -0.336. The van der Waals surface area contributed by atoms with Gasteiger partial charge in [-0.2, -0.15) is 0 Å². The van der Waals surface area contributed by atoms with Gasteiger partial charge in [-0.05, 0) is 30.7 Å². The molecule has 154 valence electrons. The van der Waals surface area contributed by atoms with Crippen LogP contribution in [0, 0.1) is 0 Å². The van der Waals surface area contributed by atoms with Crippen molar-refractivity contribution in [2.75, 3.05) is 6.61 Å². The number of hydrogen-bond donors (Lipinski definition) is 0. The zero-order valence-corrected chi connectivity index (χ0v) is 17.2. The molecule has 0 atom stereocenters. The van der Waals surface area contributed by atoms with Gasteiger partial charge in [0.2, 0.25) is 0 Å². The Kier molecular flexibility index (Phi) is 6.33. The molecule has 5 heteroatoms. The molecule has 0 aliphatic carbocycles. The quantitative estimate of drug-likeness (QED) is 0.373. The predicted octanol–water partition coefficient (Wildman–Crippen LogP) is 5.57. The highest BCUT2D eigenvalue weighted by Gasteiger charge is 2.10. The Hall–Kier alpha value is -3.99. The molecule has 4 aromatic rings. The second kappa shape index (κ2) is 9.67. The van der Waals surface area contributed by atoms with E-state index in [2.05, 4.69) is 9.97 Å². The second-order valence-corrected chi connectivity index (χ2v) is 6.86. The Morgan fingerprint density at radius 1 is 0.806 bits per heavy atom. The third-order valence-electron chi connectivity index (χ3n) is 4.74. The lowest BCUT2D eigenvalue weighted by Gasteiger charge is -2.12. The van der Waals surface area contributed by atoms with Crippen molar-refractivity contribution in [3.63, 3.8) is 0 Å². The molecule has 0 spiro atoms. The van der Waals surface area contributed by atoms with E-state index >= 15 is 0 Å². The first-order valence-corrected chi connectivity index (χ1v) is 10.1. The van der Waals surface area contributed by atoms with Crippen LogP contribution in [0.5, 0.6) is 5.75 Å². The molecule has 0 saturated heterocycles. The van der Waals surface area contributed by atoms with Crippen LogP contribution in [0.25, 0.3) is 22.5 Å². The Balaban J connectivity index is 1.51. The molecule has 1 aromatic heterocycles. The number of esters is 1. The standard InChI is InChI=1S/C26H22N2O3/c1-2-30-26(29)21-14-12-20(13-15-21)25-27-16-22(17-28-25)23-10-6-7-11-24(23)31-18-19-8-4-3-5-9-19/h3-17H,2,18H2,1H3. The van der Waals surface area contributed by atoms with E-state index in [1.54, 1.807) is 31.5 Å². The molecule has 0 N–H and O–H groups in total. The number of aromatic nitrogens is 2. The molecule has 0 bridgehead atoms. The molecule has 0 aliphatic rings. The van der Waals surface area contributed by atoms with Crippen molar-refractivity contribution in [2.45, 2.75) is 13.5 Å². The van der Waals surface area contributed by atoms with Gasteiger partial charge in [0.05, 0.1) is 12.2 Å². The Bertz CT molecular complexity index is 1140. The van der Waals surface area contributed by atoms with Crippen LogP contribution in [0.1, 0.15) is 22.8 Å². The third-order valence-corrected chi connectivity index (χ3v) is 4.74. The van der Waals surface area contributed by atoms with E-state index in [0.717, 1.165) is 28.0 Å². The fourth-order valence-corrected chi connectivity index (χ4v) is 3.15. The zero-order chi connectivity index (χ0) is 21.5. The summed E-state index contributed by atoms with van der Waals surface area (Å²) in [5, 5.41) is 0. The van der Waals surface area contributed by atoms with Crippen LogP contribution in [0.15, 0.2) is 91.3 Å². The number of para-hydroxylation sites is 1. The fraction of sp³-hybridized carbons (Fsp3) is 0.115. The van der Waals surface area contributed by atoms with Gasteiger partial charge in [-0.15, -0.1) is 0 Å². The minimum absolute atomic E-state index is 0.336. The van der Waals surface area contributed by atoms with E-state index in [0.29, 0.717) is 24.6 Å². The largest absolute Gasteiger partial charge is 0.488 e. The number of ether oxygens (including phenoxy) is 2. The normalized spacial score (nSPS) is 10.5. The highest BCUT2D eigenvalue weighted by Crippen LogP contribution is 2.30. The number of benzene rings is 3. The molecular weight excluding hydrogens is 388 g/mol. The maximum atomic E-state index is 11.8. The van der Waals surface area contributed by atoms with Gasteiger partial charge in [-0.1, -0.05) is 60.7 Å². The smallest absolute Gasteiger partial charge is 0.338 e. The highest BCUT2D eigenvalue weighted by molar-refractivity contribution is 5.89. The SMILES string of the molecule is CCOC(=O)c1ccc(-c2ncc(-c3ccccc3OCc3ccccc3)cn2)cc1. The number of carbonyl (C=O) groups excluding carboxylic acids is 1.